The third-order valence-corrected chi connectivity index (χ3v) is 5.25. The van der Waals surface area contributed by atoms with Gasteiger partial charge in [0.15, 0.2) is 12.2 Å². The van der Waals surface area contributed by atoms with Crippen LogP contribution in [0.15, 0.2) is 35.2 Å². The minimum absolute atomic E-state index is 0.219. The van der Waals surface area contributed by atoms with Crippen LogP contribution in [0.1, 0.15) is 27.7 Å². The van der Waals surface area contributed by atoms with Gasteiger partial charge in [0.1, 0.15) is 24.2 Å². The highest BCUT2D eigenvalue weighted by Gasteiger charge is 2.51. The zero-order chi connectivity index (χ0) is 22.3. The van der Waals surface area contributed by atoms with E-state index in [1.54, 1.807) is 0 Å². The molecule has 0 radical (unpaired) electrons. The van der Waals surface area contributed by atoms with Crippen molar-refractivity contribution in [3.63, 3.8) is 0 Å². The summed E-state index contributed by atoms with van der Waals surface area (Å²) in [5.41, 5.74) is -0.715. The highest BCUT2D eigenvalue weighted by atomic mass is 32.2. The van der Waals surface area contributed by atoms with Crippen LogP contribution >= 0.6 is 11.8 Å². The summed E-state index contributed by atoms with van der Waals surface area (Å²) in [6.45, 7) is 4.76. The fourth-order valence-electron chi connectivity index (χ4n) is 3.02. The Morgan fingerprint density at radius 3 is 2.07 bits per heavy atom. The van der Waals surface area contributed by atoms with Gasteiger partial charge in [0.25, 0.3) is 0 Å². The number of carbonyl (C=O) groups excluding carboxylic acids is 4. The second-order valence-corrected chi connectivity index (χ2v) is 7.82. The van der Waals surface area contributed by atoms with Crippen LogP contribution in [0.2, 0.25) is 0 Å². The van der Waals surface area contributed by atoms with E-state index in [1.807, 2.05) is 30.3 Å². The van der Waals surface area contributed by atoms with Crippen molar-refractivity contribution < 1.29 is 38.1 Å². The molecular formula is C20H25NO8S. The first-order chi connectivity index (χ1) is 14.2. The molecule has 164 valence electrons. The van der Waals surface area contributed by atoms with E-state index < -0.39 is 47.7 Å². The van der Waals surface area contributed by atoms with Crippen molar-refractivity contribution in [2.75, 3.05) is 6.61 Å². The molecule has 9 nitrogen and oxygen atoms in total. The highest BCUT2D eigenvalue weighted by molar-refractivity contribution is 7.99. The maximum absolute atomic E-state index is 11.9. The van der Waals surface area contributed by atoms with Gasteiger partial charge in [-0.05, 0) is 12.1 Å². The molecule has 0 saturated carbocycles. The molecule has 1 fully saturated rings. The maximum Gasteiger partial charge on any atom is 0.303 e. The second kappa shape index (κ2) is 11.0. The van der Waals surface area contributed by atoms with Gasteiger partial charge >= 0.3 is 17.9 Å². The molecule has 0 aliphatic carbocycles. The molecule has 30 heavy (non-hydrogen) atoms. The van der Waals surface area contributed by atoms with Crippen molar-refractivity contribution >= 4 is 35.6 Å². The van der Waals surface area contributed by atoms with Crippen LogP contribution in [-0.2, 0) is 38.1 Å². The number of hydrogen-bond donors (Lipinski definition) is 1. The Morgan fingerprint density at radius 2 is 1.53 bits per heavy atom. The molecule has 1 aromatic rings. The summed E-state index contributed by atoms with van der Waals surface area (Å²) in [6, 6.07) is 8.45. The Bertz CT molecular complexity index is 771. The number of carbonyl (C=O) groups is 4. The van der Waals surface area contributed by atoms with Crippen molar-refractivity contribution in [1.29, 1.82) is 0 Å². The first-order valence-electron chi connectivity index (χ1n) is 9.29. The van der Waals surface area contributed by atoms with Crippen molar-refractivity contribution in [1.82, 2.24) is 5.32 Å². The zero-order valence-electron chi connectivity index (χ0n) is 17.2. The smallest absolute Gasteiger partial charge is 0.303 e. The van der Waals surface area contributed by atoms with Gasteiger partial charge in [-0.2, -0.15) is 0 Å². The van der Waals surface area contributed by atoms with E-state index in [4.69, 9.17) is 18.9 Å². The first-order valence-corrected chi connectivity index (χ1v) is 10.2. The second-order valence-electron chi connectivity index (χ2n) is 6.65. The average Bonchev–Trinajstić information content (AvgIpc) is 2.64. The molecule has 0 bridgehead atoms. The summed E-state index contributed by atoms with van der Waals surface area (Å²) in [5, 5.41) is 2.74. The van der Waals surface area contributed by atoms with Crippen LogP contribution < -0.4 is 5.32 Å². The molecule has 2 rings (SSSR count). The van der Waals surface area contributed by atoms with Gasteiger partial charge in [0.05, 0.1) is 0 Å². The van der Waals surface area contributed by atoms with Crippen LogP contribution in [-0.4, -0.2) is 60.2 Å². The molecule has 1 aliphatic rings. The molecule has 1 aromatic carbocycles. The van der Waals surface area contributed by atoms with Gasteiger partial charge in [0.2, 0.25) is 5.91 Å². The normalized spacial score (nSPS) is 25.7. The lowest BCUT2D eigenvalue weighted by atomic mass is 9.97. The van der Waals surface area contributed by atoms with E-state index >= 15 is 0 Å². The lowest BCUT2D eigenvalue weighted by Crippen LogP contribution is -2.65. The van der Waals surface area contributed by atoms with Crippen molar-refractivity contribution in [3.8, 4) is 0 Å². The van der Waals surface area contributed by atoms with Crippen LogP contribution in [0, 0.1) is 0 Å². The Balaban J connectivity index is 2.42. The van der Waals surface area contributed by atoms with Gasteiger partial charge in [-0.1, -0.05) is 30.0 Å². The van der Waals surface area contributed by atoms with Crippen LogP contribution in [0.3, 0.4) is 0 Å². The number of thioether (sulfide) groups is 1. The van der Waals surface area contributed by atoms with Crippen molar-refractivity contribution in [3.05, 3.63) is 30.3 Å². The summed E-state index contributed by atoms with van der Waals surface area (Å²) < 4.78 is 22.0. The zero-order valence-corrected chi connectivity index (χ0v) is 18.0. The Hall–Kier alpha value is -2.59. The van der Waals surface area contributed by atoms with E-state index in [-0.39, 0.29) is 12.5 Å². The number of esters is 3. The monoisotopic (exact) mass is 439 g/mol. The number of benzene rings is 1. The fourth-order valence-corrected chi connectivity index (χ4v) is 4.17. The molecule has 1 amide bonds. The van der Waals surface area contributed by atoms with E-state index in [0.717, 1.165) is 4.90 Å². The summed E-state index contributed by atoms with van der Waals surface area (Å²) in [6.07, 6.45) is -3.05. The standard InChI is InChI=1S/C20H25NO8S/c1-11(22)21-17-19(28-14(4)25)18(27-13(3)24)16(10-26-12(2)23)29-20(17)30-15-8-6-5-7-9-15/h5-9,16-20H,10H2,1-4H3,(H,21,22)/t16-,17-,18+,19-,20+/m1/s1. The molecule has 5 atom stereocenters. The molecule has 1 N–H and O–H groups in total. The lowest BCUT2D eigenvalue weighted by molar-refractivity contribution is -0.211. The number of hydrogen-bond acceptors (Lipinski definition) is 9. The van der Waals surface area contributed by atoms with Crippen LogP contribution in [0.25, 0.3) is 0 Å². The van der Waals surface area contributed by atoms with Gasteiger partial charge in [-0.15, -0.1) is 0 Å². The van der Waals surface area contributed by atoms with E-state index in [0.29, 0.717) is 0 Å². The average molecular weight is 439 g/mol. The maximum atomic E-state index is 11.9. The Kier molecular flexibility index (Phi) is 8.67. The quantitative estimate of drug-likeness (QED) is 0.497. The largest absolute Gasteiger partial charge is 0.463 e. The molecular weight excluding hydrogens is 414 g/mol. The van der Waals surface area contributed by atoms with E-state index in [2.05, 4.69) is 5.32 Å². The molecule has 1 aliphatic heterocycles. The SMILES string of the molecule is CC(=O)N[C@@H]1[C@@H](OC(C)=O)[C@@H](OC(C)=O)[C@@H](COC(C)=O)O[C@H]1Sc1ccccc1. The number of amides is 1. The number of nitrogens with one attached hydrogen (secondary N) is 1. The predicted molar refractivity (Wildman–Crippen MR) is 106 cm³/mol. The summed E-state index contributed by atoms with van der Waals surface area (Å²) in [7, 11) is 0. The van der Waals surface area contributed by atoms with Crippen LogP contribution in [0.5, 0.6) is 0 Å². The Labute approximate surface area is 178 Å². The van der Waals surface area contributed by atoms with E-state index in [9.17, 15) is 19.2 Å². The predicted octanol–water partition coefficient (Wildman–Crippen LogP) is 1.43. The summed E-state index contributed by atoms with van der Waals surface area (Å²) >= 11 is 1.30. The molecule has 0 spiro atoms. The minimum Gasteiger partial charge on any atom is -0.463 e. The Morgan fingerprint density at radius 1 is 0.933 bits per heavy atom. The molecule has 10 heteroatoms. The summed E-state index contributed by atoms with van der Waals surface area (Å²) in [4.78, 5) is 47.6. The lowest BCUT2D eigenvalue weighted by Gasteiger charge is -2.45. The molecule has 0 unspecified atom stereocenters. The highest BCUT2D eigenvalue weighted by Crippen LogP contribution is 2.36. The third-order valence-electron chi connectivity index (χ3n) is 4.07. The number of ether oxygens (including phenoxy) is 4. The van der Waals surface area contributed by atoms with Crippen LogP contribution in [0.4, 0.5) is 0 Å². The molecule has 0 aromatic heterocycles. The molecule has 1 saturated heterocycles. The minimum atomic E-state index is -1.09. The van der Waals surface area contributed by atoms with E-state index in [1.165, 1.54) is 39.5 Å². The number of rotatable bonds is 7. The molecule has 1 heterocycles. The van der Waals surface area contributed by atoms with Crippen molar-refractivity contribution in [2.45, 2.75) is 62.4 Å². The van der Waals surface area contributed by atoms with Gasteiger partial charge in [-0.3, -0.25) is 19.2 Å². The first kappa shape index (κ1) is 23.7. The summed E-state index contributed by atoms with van der Waals surface area (Å²) in [5.74, 6) is -2.17. The third kappa shape index (κ3) is 7.03. The fraction of sp³-hybridized carbons (Fsp3) is 0.500. The van der Waals surface area contributed by atoms with Crippen molar-refractivity contribution in [2.24, 2.45) is 0 Å². The van der Waals surface area contributed by atoms with Gasteiger partial charge < -0.3 is 24.3 Å². The van der Waals surface area contributed by atoms with Gasteiger partial charge in [-0.25, -0.2) is 0 Å². The van der Waals surface area contributed by atoms with Gasteiger partial charge in [0, 0.05) is 32.6 Å². The topological polar surface area (TPSA) is 117 Å².